The van der Waals surface area contributed by atoms with Crippen molar-refractivity contribution >= 4 is 0 Å². The van der Waals surface area contributed by atoms with E-state index in [0.717, 1.165) is 19.6 Å². The van der Waals surface area contributed by atoms with Gasteiger partial charge in [-0.25, -0.2) is 0 Å². The summed E-state index contributed by atoms with van der Waals surface area (Å²) < 4.78 is 2.14. The van der Waals surface area contributed by atoms with Gasteiger partial charge in [-0.05, 0) is 32.7 Å². The van der Waals surface area contributed by atoms with Crippen molar-refractivity contribution in [3.63, 3.8) is 0 Å². The Kier molecular flexibility index (Phi) is 5.00. The van der Waals surface area contributed by atoms with Crippen LogP contribution in [0.3, 0.4) is 0 Å². The van der Waals surface area contributed by atoms with Crippen LogP contribution >= 0.6 is 0 Å². The summed E-state index contributed by atoms with van der Waals surface area (Å²) in [5.41, 5.74) is 3.85. The van der Waals surface area contributed by atoms with E-state index in [2.05, 4.69) is 49.7 Å². The molecule has 0 aromatic carbocycles. The largest absolute Gasteiger partial charge is 0.313 e. The molecule has 92 valence electrons. The van der Waals surface area contributed by atoms with Crippen LogP contribution in [-0.2, 0) is 13.1 Å². The minimum absolute atomic E-state index is 0.648. The van der Waals surface area contributed by atoms with Crippen molar-refractivity contribution in [2.75, 3.05) is 6.54 Å². The van der Waals surface area contributed by atoms with Gasteiger partial charge < -0.3 is 5.32 Å². The Labute approximate surface area is 99.2 Å². The second kappa shape index (κ2) is 6.04. The lowest BCUT2D eigenvalue weighted by Gasteiger charge is -2.08. The molecule has 16 heavy (non-hydrogen) atoms. The molecule has 0 radical (unpaired) electrons. The summed E-state index contributed by atoms with van der Waals surface area (Å²) in [6, 6.07) is 0. The van der Waals surface area contributed by atoms with Crippen LogP contribution in [0.25, 0.3) is 0 Å². The van der Waals surface area contributed by atoms with Gasteiger partial charge in [-0.2, -0.15) is 5.10 Å². The average molecular weight is 223 g/mol. The summed E-state index contributed by atoms with van der Waals surface area (Å²) in [6.45, 7) is 14.0. The van der Waals surface area contributed by atoms with Crippen molar-refractivity contribution < 1.29 is 0 Å². The Morgan fingerprint density at radius 1 is 1.31 bits per heavy atom. The van der Waals surface area contributed by atoms with Crippen LogP contribution in [0.5, 0.6) is 0 Å². The van der Waals surface area contributed by atoms with E-state index < -0.39 is 0 Å². The number of hydrogen-bond acceptors (Lipinski definition) is 2. The molecule has 0 spiro atoms. The van der Waals surface area contributed by atoms with E-state index >= 15 is 0 Å². The zero-order chi connectivity index (χ0) is 12.1. The highest BCUT2D eigenvalue weighted by Crippen LogP contribution is 2.14. The summed E-state index contributed by atoms with van der Waals surface area (Å²) >= 11 is 0. The molecule has 1 N–H and O–H groups in total. The first-order chi connectivity index (χ1) is 7.56. The molecular weight excluding hydrogens is 198 g/mol. The molecule has 0 amide bonds. The molecule has 1 heterocycles. The predicted octanol–water partition coefficient (Wildman–Crippen LogP) is 2.66. The summed E-state index contributed by atoms with van der Waals surface area (Å²) in [5.74, 6) is 0.648. The normalized spacial score (nSPS) is 11.4. The van der Waals surface area contributed by atoms with E-state index in [-0.39, 0.29) is 0 Å². The van der Waals surface area contributed by atoms with Gasteiger partial charge >= 0.3 is 0 Å². The fourth-order valence-electron chi connectivity index (χ4n) is 1.90. The lowest BCUT2D eigenvalue weighted by Crippen LogP contribution is -2.15. The van der Waals surface area contributed by atoms with E-state index in [1.165, 1.54) is 23.4 Å². The highest BCUT2D eigenvalue weighted by molar-refractivity contribution is 5.24. The first-order valence-corrected chi connectivity index (χ1v) is 6.29. The Bertz CT molecular complexity index is 326. The van der Waals surface area contributed by atoms with Gasteiger partial charge in [-0.1, -0.05) is 20.8 Å². The maximum Gasteiger partial charge on any atom is 0.0641 e. The molecule has 1 aromatic rings. The lowest BCUT2D eigenvalue weighted by atomic mass is 10.2. The standard InChI is InChI=1S/C13H25N3/c1-6-7-14-8-13-11(4)15-16(12(13)5)9-10(2)3/h10,14H,6-9H2,1-5H3. The van der Waals surface area contributed by atoms with Crippen molar-refractivity contribution in [2.24, 2.45) is 5.92 Å². The third kappa shape index (κ3) is 3.34. The molecule has 0 fully saturated rings. The fourth-order valence-corrected chi connectivity index (χ4v) is 1.90. The number of nitrogens with one attached hydrogen (secondary N) is 1. The molecule has 1 rings (SSSR count). The molecule has 1 aromatic heterocycles. The number of aromatic nitrogens is 2. The summed E-state index contributed by atoms with van der Waals surface area (Å²) in [5, 5.41) is 8.05. The third-order valence-corrected chi connectivity index (χ3v) is 2.80. The molecule has 0 saturated carbocycles. The Morgan fingerprint density at radius 2 is 2.00 bits per heavy atom. The molecule has 0 atom stereocenters. The van der Waals surface area contributed by atoms with Crippen LogP contribution in [0, 0.1) is 19.8 Å². The molecule has 0 unspecified atom stereocenters. The SMILES string of the molecule is CCCNCc1c(C)nn(CC(C)C)c1C. The van der Waals surface area contributed by atoms with Crippen molar-refractivity contribution in [3.05, 3.63) is 17.0 Å². The zero-order valence-electron chi connectivity index (χ0n) is 11.3. The number of nitrogens with zero attached hydrogens (tertiary/aromatic N) is 2. The van der Waals surface area contributed by atoms with Crippen LogP contribution < -0.4 is 5.32 Å². The van der Waals surface area contributed by atoms with E-state index in [4.69, 9.17) is 0 Å². The highest BCUT2D eigenvalue weighted by Gasteiger charge is 2.11. The highest BCUT2D eigenvalue weighted by atomic mass is 15.3. The average Bonchev–Trinajstić information content (AvgIpc) is 2.45. The van der Waals surface area contributed by atoms with Crippen molar-refractivity contribution in [3.8, 4) is 0 Å². The smallest absolute Gasteiger partial charge is 0.0641 e. The van der Waals surface area contributed by atoms with Crippen LogP contribution in [0.15, 0.2) is 0 Å². The molecule has 0 aliphatic carbocycles. The minimum Gasteiger partial charge on any atom is -0.313 e. The van der Waals surface area contributed by atoms with Crippen LogP contribution in [0.1, 0.15) is 44.1 Å². The lowest BCUT2D eigenvalue weighted by molar-refractivity contribution is 0.472. The van der Waals surface area contributed by atoms with Gasteiger partial charge in [0.25, 0.3) is 0 Å². The van der Waals surface area contributed by atoms with E-state index in [1.807, 2.05) is 0 Å². The molecule has 0 aliphatic heterocycles. The Hall–Kier alpha value is -0.830. The fraction of sp³-hybridized carbons (Fsp3) is 0.769. The minimum atomic E-state index is 0.648. The first kappa shape index (κ1) is 13.2. The molecule has 0 bridgehead atoms. The van der Waals surface area contributed by atoms with Gasteiger partial charge in [-0.3, -0.25) is 4.68 Å². The van der Waals surface area contributed by atoms with E-state index in [0.29, 0.717) is 5.92 Å². The number of aryl methyl sites for hydroxylation is 1. The van der Waals surface area contributed by atoms with E-state index in [1.54, 1.807) is 0 Å². The second-order valence-electron chi connectivity index (χ2n) is 4.90. The van der Waals surface area contributed by atoms with Crippen LogP contribution in [0.4, 0.5) is 0 Å². The summed E-state index contributed by atoms with van der Waals surface area (Å²) in [6.07, 6.45) is 1.18. The van der Waals surface area contributed by atoms with Crippen LogP contribution in [0.2, 0.25) is 0 Å². The molecule has 0 aliphatic rings. The monoisotopic (exact) mass is 223 g/mol. The first-order valence-electron chi connectivity index (χ1n) is 6.29. The van der Waals surface area contributed by atoms with Gasteiger partial charge in [0.05, 0.1) is 5.69 Å². The maximum atomic E-state index is 4.61. The van der Waals surface area contributed by atoms with Gasteiger partial charge in [-0.15, -0.1) is 0 Å². The van der Waals surface area contributed by atoms with Gasteiger partial charge in [0, 0.05) is 24.3 Å². The van der Waals surface area contributed by atoms with Gasteiger partial charge in [0.1, 0.15) is 0 Å². The molecule has 0 saturated heterocycles. The number of rotatable bonds is 6. The van der Waals surface area contributed by atoms with Crippen molar-refractivity contribution in [1.29, 1.82) is 0 Å². The maximum absolute atomic E-state index is 4.61. The quantitative estimate of drug-likeness (QED) is 0.751. The Balaban J connectivity index is 2.72. The van der Waals surface area contributed by atoms with E-state index in [9.17, 15) is 0 Å². The van der Waals surface area contributed by atoms with Crippen LogP contribution in [-0.4, -0.2) is 16.3 Å². The number of hydrogen-bond donors (Lipinski definition) is 1. The molecular formula is C13H25N3. The van der Waals surface area contributed by atoms with Gasteiger partial charge in [0.15, 0.2) is 0 Å². The topological polar surface area (TPSA) is 29.9 Å². The van der Waals surface area contributed by atoms with Crippen molar-refractivity contribution in [2.45, 2.75) is 54.1 Å². The second-order valence-corrected chi connectivity index (χ2v) is 4.90. The molecule has 3 heteroatoms. The molecule has 3 nitrogen and oxygen atoms in total. The Morgan fingerprint density at radius 3 is 2.56 bits per heavy atom. The summed E-state index contributed by atoms with van der Waals surface area (Å²) in [7, 11) is 0. The zero-order valence-corrected chi connectivity index (χ0v) is 11.3. The summed E-state index contributed by atoms with van der Waals surface area (Å²) in [4.78, 5) is 0. The predicted molar refractivity (Wildman–Crippen MR) is 68.5 cm³/mol. The van der Waals surface area contributed by atoms with Gasteiger partial charge in [0.2, 0.25) is 0 Å². The third-order valence-electron chi connectivity index (χ3n) is 2.80. The van der Waals surface area contributed by atoms with Crippen molar-refractivity contribution in [1.82, 2.24) is 15.1 Å².